The van der Waals surface area contributed by atoms with Crippen LogP contribution in [0.4, 0.5) is 43.4 Å². The van der Waals surface area contributed by atoms with Gasteiger partial charge in [0.05, 0.1) is 6.54 Å². The van der Waals surface area contributed by atoms with Crippen molar-refractivity contribution in [3.63, 3.8) is 0 Å². The Morgan fingerprint density at radius 1 is 0.771 bits per heavy atom. The van der Waals surface area contributed by atoms with Crippen LogP contribution >= 0.6 is 0 Å². The smallest absolute Gasteiger partial charge is 0.464 e. The molecule has 212 valence electrons. The molecule has 0 spiro atoms. The zero-order valence-electron chi connectivity index (χ0n) is 17.7. The molecular weight excluding hydrogens is 566 g/mol. The van der Waals surface area contributed by atoms with Crippen LogP contribution in [0.1, 0.15) is 6.42 Å². The van der Waals surface area contributed by atoms with Crippen LogP contribution in [0.3, 0.4) is 0 Å². The summed E-state index contributed by atoms with van der Waals surface area (Å²) in [5.41, 5.74) is 0. The Morgan fingerprint density at radius 3 is 1.34 bits per heavy atom. The van der Waals surface area contributed by atoms with Gasteiger partial charge in [-0.05, 0) is 0 Å². The van der Waals surface area contributed by atoms with Crippen LogP contribution in [0.15, 0.2) is 0 Å². The number of rotatable bonds is 11. The molecule has 0 N–H and O–H groups in total. The summed E-state index contributed by atoms with van der Waals surface area (Å²) in [4.78, 5) is 22.5. The maximum absolute atomic E-state index is 12.4. The van der Waals surface area contributed by atoms with Gasteiger partial charge < -0.3 is 9.47 Å². The summed E-state index contributed by atoms with van der Waals surface area (Å²) >= 11 is 0. The third kappa shape index (κ3) is 28.2. The van der Waals surface area contributed by atoms with Gasteiger partial charge in [0.25, 0.3) is 0 Å². The van der Waals surface area contributed by atoms with Gasteiger partial charge in [0.2, 0.25) is 16.0 Å². The van der Waals surface area contributed by atoms with E-state index in [4.69, 9.17) is 0 Å². The van der Waals surface area contributed by atoms with Gasteiger partial charge in [0, 0.05) is 20.6 Å². The normalized spacial score (nSPS) is 12.3. The van der Waals surface area contributed by atoms with Gasteiger partial charge in [-0.15, -0.1) is 17.6 Å². The molecule has 0 aliphatic heterocycles. The zero-order chi connectivity index (χ0) is 28.7. The predicted octanol–water partition coefficient (Wildman–Crippen LogP) is 1.79. The molecule has 10 nitrogen and oxygen atoms in total. The van der Waals surface area contributed by atoms with Gasteiger partial charge in [-0.25, -0.2) is 17.2 Å². The lowest BCUT2D eigenvalue weighted by atomic mass is 10.4. The topological polar surface area (TPSA) is 127 Å². The summed E-state index contributed by atoms with van der Waals surface area (Å²) in [6.45, 7) is -3.83. The lowest BCUT2D eigenvalue weighted by molar-refractivity contribution is -0.237. The van der Waals surface area contributed by atoms with E-state index >= 15 is 0 Å². The molecule has 0 saturated carbocycles. The molecule has 0 radical (unpaired) electrons. The van der Waals surface area contributed by atoms with Crippen LogP contribution in [0.5, 0.6) is 0 Å². The molecule has 0 fully saturated rings. The quantitative estimate of drug-likeness (QED) is 0.155. The average Bonchev–Trinajstić information content (AvgIpc) is 2.65. The monoisotopic (exact) mass is 586 g/mol. The molecule has 22 heteroatoms. The van der Waals surface area contributed by atoms with Crippen LogP contribution in [0, 0.1) is 0 Å². The minimum Gasteiger partial charge on any atom is -0.464 e. The number of carbonyl (C=O) groups excluding carboxylic acids is 2. The first-order valence-electron chi connectivity index (χ1n) is 8.31. The fraction of sp³-hybridized carbons (Fsp3) is 0.846. The van der Waals surface area contributed by atoms with Crippen LogP contribution < -0.4 is 0 Å². The molecule has 0 saturated heterocycles. The maximum atomic E-state index is 12.4. The molecule has 0 aromatic heterocycles. The summed E-state index contributed by atoms with van der Waals surface area (Å²) in [6, 6.07) is -1.59. The number of sulfonamides is 1. The van der Waals surface area contributed by atoms with E-state index in [1.54, 1.807) is 0 Å². The molecule has 0 aliphatic rings. The van der Waals surface area contributed by atoms with Crippen LogP contribution in [0.2, 0.25) is 0 Å². The highest BCUT2D eigenvalue weighted by Crippen LogP contribution is 2.14. The van der Waals surface area contributed by atoms with Crippen molar-refractivity contribution in [1.29, 1.82) is 0 Å². The number of nitrogens with zero attached hydrogens (tertiary/aromatic N) is 2. The Balaban J connectivity index is -0.000000767. The van der Waals surface area contributed by atoms with Crippen molar-refractivity contribution in [3.8, 4) is 0 Å². The first-order chi connectivity index (χ1) is 15.5. The van der Waals surface area contributed by atoms with E-state index in [0.717, 1.165) is 14.1 Å². The van der Waals surface area contributed by atoms with E-state index in [-0.39, 0.29) is 6.54 Å². The second kappa shape index (κ2) is 16.7. The minimum absolute atomic E-state index is 0.299. The number of carbonyl (C=O) groups is 2. The Hall–Kier alpha value is -1.94. The molecule has 0 aliphatic carbocycles. The SMILES string of the molecule is CN(CCOC(=O)CC(=O)OCCN(C)S(=O)(=O)CF)S(=O)(=O)F.FC(F)(F)F.FCC(F)(F)F. The van der Waals surface area contributed by atoms with Crippen molar-refractivity contribution in [2.75, 3.05) is 53.1 Å². The standard InChI is InChI=1S/C10H18F2N2O8S2.C2H2F4.CF4/c1-13(23(17,18)8-11)3-5-21-9(15)7-10(16)22-6-4-14(2)24(12,19)20;3-1-2(4,5)6;2-1(3,4)5/h3-8H2,1-2H3;1H2;. The number of likely N-dealkylation sites (N-methyl/N-ethyl adjacent to an activating group) is 2. The minimum atomic E-state index is -5.50. The molecule has 0 rings (SSSR count). The van der Waals surface area contributed by atoms with E-state index < -0.39 is 83.8 Å². The second-order valence-corrected chi connectivity index (χ2v) is 9.05. The highest BCUT2D eigenvalue weighted by atomic mass is 32.3. The van der Waals surface area contributed by atoms with Crippen LogP contribution in [0.25, 0.3) is 0 Å². The summed E-state index contributed by atoms with van der Waals surface area (Å²) in [5.74, 6) is -2.05. The van der Waals surface area contributed by atoms with E-state index in [2.05, 4.69) is 9.47 Å². The number of ether oxygens (including phenoxy) is 2. The molecule has 0 unspecified atom stereocenters. The van der Waals surface area contributed by atoms with Crippen molar-refractivity contribution in [1.82, 2.24) is 8.61 Å². The summed E-state index contributed by atoms with van der Waals surface area (Å²) in [5, 5.41) is 0. The predicted molar refractivity (Wildman–Crippen MR) is 95.9 cm³/mol. The highest BCUT2D eigenvalue weighted by Gasteiger charge is 2.26. The Labute approximate surface area is 193 Å². The lowest BCUT2D eigenvalue weighted by Gasteiger charge is -2.14. The molecule has 0 aromatic carbocycles. The highest BCUT2D eigenvalue weighted by molar-refractivity contribution is 7.88. The molecular formula is C13H20F10N2O8S2. The molecule has 0 heterocycles. The Bertz CT molecular complexity index is 828. The maximum Gasteiger partial charge on any atom is 0.559 e. The third-order valence-electron chi connectivity index (χ3n) is 2.76. The molecule has 0 bridgehead atoms. The number of hydrogen-bond donors (Lipinski definition) is 0. The van der Waals surface area contributed by atoms with Gasteiger partial charge in [0.1, 0.15) is 19.6 Å². The fourth-order valence-electron chi connectivity index (χ4n) is 1.13. The van der Waals surface area contributed by atoms with Crippen LogP contribution in [-0.4, -0.2) is 103 Å². The van der Waals surface area contributed by atoms with Crippen molar-refractivity contribution in [2.45, 2.75) is 19.0 Å². The second-order valence-electron chi connectivity index (χ2n) is 5.60. The molecule has 0 aromatic rings. The Kier molecular flexibility index (Phi) is 17.9. The first kappa shape index (κ1) is 37.6. The third-order valence-corrected chi connectivity index (χ3v) is 5.10. The van der Waals surface area contributed by atoms with E-state index in [1.165, 1.54) is 0 Å². The lowest BCUT2D eigenvalue weighted by Crippen LogP contribution is -2.32. The van der Waals surface area contributed by atoms with E-state index in [1.807, 2.05) is 0 Å². The van der Waals surface area contributed by atoms with Gasteiger partial charge in [0.15, 0.2) is 6.67 Å². The van der Waals surface area contributed by atoms with Crippen molar-refractivity contribution >= 4 is 32.4 Å². The van der Waals surface area contributed by atoms with Crippen molar-refractivity contribution in [3.05, 3.63) is 0 Å². The summed E-state index contributed by atoms with van der Waals surface area (Å²) in [7, 11) is -6.92. The van der Waals surface area contributed by atoms with Crippen molar-refractivity contribution < 1.29 is 79.3 Å². The molecule has 0 amide bonds. The first-order valence-corrected chi connectivity index (χ1v) is 11.3. The van der Waals surface area contributed by atoms with E-state index in [9.17, 15) is 69.8 Å². The molecule has 0 atom stereocenters. The van der Waals surface area contributed by atoms with Gasteiger partial charge in [-0.1, -0.05) is 3.89 Å². The van der Waals surface area contributed by atoms with Gasteiger partial charge in [-0.3, -0.25) is 9.59 Å². The number of hydrogen-bond acceptors (Lipinski definition) is 8. The van der Waals surface area contributed by atoms with Crippen molar-refractivity contribution in [2.24, 2.45) is 0 Å². The largest absolute Gasteiger partial charge is 0.559 e. The van der Waals surface area contributed by atoms with Gasteiger partial charge in [-0.2, -0.15) is 30.2 Å². The number of esters is 2. The van der Waals surface area contributed by atoms with E-state index in [0.29, 0.717) is 8.61 Å². The van der Waals surface area contributed by atoms with Crippen LogP contribution in [-0.2, 0) is 39.5 Å². The average molecular weight is 586 g/mol. The summed E-state index contributed by atoms with van der Waals surface area (Å²) in [6.07, 6.45) is -10.9. The number of alkyl halides is 9. The van der Waals surface area contributed by atoms with Gasteiger partial charge >= 0.3 is 35.0 Å². The fourth-order valence-corrected chi connectivity index (χ4v) is 1.94. The Morgan fingerprint density at radius 2 is 1.09 bits per heavy atom. The summed E-state index contributed by atoms with van der Waals surface area (Å²) < 4.78 is 158. The number of halogens is 10. The molecule has 35 heavy (non-hydrogen) atoms. The zero-order valence-corrected chi connectivity index (χ0v) is 19.3.